The smallest absolute Gasteiger partial charge is 0.148 e. The molecule has 0 radical (unpaired) electrons. The molecule has 0 aliphatic heterocycles. The first-order valence-corrected chi connectivity index (χ1v) is 6.42. The molecule has 94 valence electrons. The molecule has 2 rings (SSSR count). The van der Waals surface area contributed by atoms with Crippen LogP contribution in [-0.2, 0) is 0 Å². The zero-order valence-electron chi connectivity index (χ0n) is 10.3. The van der Waals surface area contributed by atoms with E-state index < -0.39 is 0 Å². The highest BCUT2D eigenvalue weighted by molar-refractivity contribution is 7.16. The Morgan fingerprint density at radius 3 is 2.10 bits per heavy atom. The lowest BCUT2D eigenvalue weighted by molar-refractivity contribution is 1.46. The van der Waals surface area contributed by atoms with Crippen LogP contribution in [0.15, 0.2) is 42.0 Å². The number of anilines is 1. The van der Waals surface area contributed by atoms with Crippen molar-refractivity contribution in [2.75, 3.05) is 5.73 Å². The first kappa shape index (κ1) is 13.4. The van der Waals surface area contributed by atoms with Crippen LogP contribution in [0.1, 0.15) is 4.88 Å². The quantitative estimate of drug-likeness (QED) is 0.672. The molecule has 1 aromatic heterocycles. The molecule has 0 aliphatic carbocycles. The highest BCUT2D eigenvalue weighted by Crippen LogP contribution is 2.33. The monoisotopic (exact) mass is 276 g/mol. The second-order valence-electron chi connectivity index (χ2n) is 3.87. The summed E-state index contributed by atoms with van der Waals surface area (Å²) in [5.41, 5.74) is 7.24. The lowest BCUT2D eigenvalue weighted by atomic mass is 10.1. The molecule has 1 aromatic carbocycles. The average molecular weight is 276 g/mol. The Kier molecular flexibility index (Phi) is 3.82. The van der Waals surface area contributed by atoms with E-state index in [0.717, 1.165) is 10.4 Å². The van der Waals surface area contributed by atoms with Crippen LogP contribution in [0.5, 0.6) is 0 Å². The maximum atomic E-state index is 9.11. The summed E-state index contributed by atoms with van der Waals surface area (Å²) >= 11 is 1.36. The van der Waals surface area contributed by atoms with Crippen molar-refractivity contribution in [2.45, 2.75) is 0 Å². The lowest BCUT2D eigenvalue weighted by Gasteiger charge is -1.98. The number of rotatable bonds is 2. The van der Waals surface area contributed by atoms with Gasteiger partial charge >= 0.3 is 0 Å². The molecule has 5 heteroatoms. The van der Waals surface area contributed by atoms with Crippen LogP contribution in [0.3, 0.4) is 0 Å². The summed E-state index contributed by atoms with van der Waals surface area (Å²) in [6, 6.07) is 16.4. The van der Waals surface area contributed by atoms with Gasteiger partial charge < -0.3 is 5.73 Å². The Hall–Kier alpha value is -3.07. The zero-order valence-corrected chi connectivity index (χ0v) is 11.1. The van der Waals surface area contributed by atoms with Crippen LogP contribution in [0.4, 0.5) is 5.69 Å². The molecular weight excluding hydrogens is 268 g/mol. The van der Waals surface area contributed by atoms with E-state index in [1.54, 1.807) is 30.3 Å². The number of nitrogens with two attached hydrogens (primary N) is 1. The van der Waals surface area contributed by atoms with Crippen molar-refractivity contribution in [2.24, 2.45) is 0 Å². The van der Waals surface area contributed by atoms with E-state index >= 15 is 0 Å². The first-order chi connectivity index (χ1) is 9.69. The first-order valence-electron chi connectivity index (χ1n) is 5.60. The number of allylic oxidation sites excluding steroid dienone is 2. The highest BCUT2D eigenvalue weighted by Gasteiger charge is 2.12. The van der Waals surface area contributed by atoms with E-state index in [2.05, 4.69) is 0 Å². The summed E-state index contributed by atoms with van der Waals surface area (Å²) in [6.07, 6.45) is 0. The molecule has 0 fully saturated rings. The van der Waals surface area contributed by atoms with Crippen molar-refractivity contribution in [3.05, 3.63) is 46.8 Å². The Morgan fingerprint density at radius 1 is 0.900 bits per heavy atom. The number of benzene rings is 1. The third-order valence-electron chi connectivity index (χ3n) is 2.63. The molecule has 4 nitrogen and oxygen atoms in total. The maximum Gasteiger partial charge on any atom is 0.148 e. The molecule has 0 aliphatic rings. The number of hydrogen-bond acceptors (Lipinski definition) is 5. The van der Waals surface area contributed by atoms with Crippen LogP contribution >= 0.6 is 11.3 Å². The predicted molar refractivity (Wildman–Crippen MR) is 77.9 cm³/mol. The third-order valence-corrected chi connectivity index (χ3v) is 3.78. The fourth-order valence-corrected chi connectivity index (χ4v) is 2.66. The van der Waals surface area contributed by atoms with Gasteiger partial charge in [-0.3, -0.25) is 0 Å². The van der Waals surface area contributed by atoms with E-state index in [9.17, 15) is 0 Å². The fourth-order valence-electron chi connectivity index (χ4n) is 1.65. The van der Waals surface area contributed by atoms with E-state index in [1.807, 2.05) is 24.3 Å². The third kappa shape index (κ3) is 2.52. The summed E-state index contributed by atoms with van der Waals surface area (Å²) in [5.74, 6) is 0. The largest absolute Gasteiger partial charge is 0.399 e. The van der Waals surface area contributed by atoms with Gasteiger partial charge in [0.25, 0.3) is 0 Å². The molecule has 1 heterocycles. The molecular formula is C15H8N4S. The molecule has 0 bridgehead atoms. The van der Waals surface area contributed by atoms with Crippen molar-refractivity contribution in [3.63, 3.8) is 0 Å². The Balaban J connectivity index is 2.47. The Morgan fingerprint density at radius 2 is 1.55 bits per heavy atom. The second-order valence-corrected chi connectivity index (χ2v) is 4.96. The van der Waals surface area contributed by atoms with Crippen molar-refractivity contribution in [1.82, 2.24) is 0 Å². The number of nitrogen functional groups attached to an aromatic ring is 1. The van der Waals surface area contributed by atoms with Gasteiger partial charge in [-0.15, -0.1) is 11.3 Å². The predicted octanol–water partition coefficient (Wildman–Crippen LogP) is 3.32. The highest BCUT2D eigenvalue weighted by atomic mass is 32.1. The number of thiophene rings is 1. The summed E-state index contributed by atoms with van der Waals surface area (Å²) in [5, 5.41) is 26.8. The van der Waals surface area contributed by atoms with Crippen LogP contribution in [0.2, 0.25) is 0 Å². The summed E-state index contributed by atoms with van der Waals surface area (Å²) < 4.78 is 0. The molecule has 0 spiro atoms. The fraction of sp³-hybridized carbons (Fsp3) is 0. The molecule has 0 unspecified atom stereocenters. The minimum absolute atomic E-state index is 0.113. The molecule has 0 saturated carbocycles. The van der Waals surface area contributed by atoms with E-state index in [1.165, 1.54) is 11.3 Å². The minimum atomic E-state index is -0.168. The van der Waals surface area contributed by atoms with Gasteiger partial charge in [-0.2, -0.15) is 15.8 Å². The van der Waals surface area contributed by atoms with E-state index in [-0.39, 0.29) is 11.1 Å². The van der Waals surface area contributed by atoms with Crippen LogP contribution in [-0.4, -0.2) is 0 Å². The maximum absolute atomic E-state index is 9.11. The van der Waals surface area contributed by atoms with Gasteiger partial charge in [0.05, 0.1) is 5.57 Å². The van der Waals surface area contributed by atoms with Gasteiger partial charge in [-0.1, -0.05) is 12.1 Å². The van der Waals surface area contributed by atoms with Gasteiger partial charge in [-0.05, 0) is 29.8 Å². The van der Waals surface area contributed by atoms with Gasteiger partial charge in [-0.25, -0.2) is 0 Å². The van der Waals surface area contributed by atoms with Gasteiger partial charge in [0.15, 0.2) is 0 Å². The van der Waals surface area contributed by atoms with E-state index in [4.69, 9.17) is 21.5 Å². The number of nitrogens with zero attached hydrogens (tertiary/aromatic N) is 3. The zero-order chi connectivity index (χ0) is 14.5. The normalized spacial score (nSPS) is 9.05. The van der Waals surface area contributed by atoms with Crippen LogP contribution < -0.4 is 5.73 Å². The van der Waals surface area contributed by atoms with Crippen molar-refractivity contribution in [3.8, 4) is 28.6 Å². The van der Waals surface area contributed by atoms with Crippen molar-refractivity contribution >= 4 is 22.6 Å². The Labute approximate surface area is 120 Å². The Bertz CT molecular complexity index is 776. The number of nitriles is 3. The molecule has 0 atom stereocenters. The molecule has 2 aromatic rings. The summed E-state index contributed by atoms with van der Waals surface area (Å²) in [6.45, 7) is 0. The van der Waals surface area contributed by atoms with Crippen LogP contribution in [0.25, 0.3) is 16.0 Å². The standard InChI is InChI=1S/C15H8N4S/c16-7-11(8-17)13(9-18)15-6-5-14(20-15)10-1-3-12(19)4-2-10/h1-6H,19H2. The summed E-state index contributed by atoms with van der Waals surface area (Å²) in [4.78, 5) is 1.56. The second kappa shape index (κ2) is 5.71. The molecule has 0 amide bonds. The topological polar surface area (TPSA) is 97.4 Å². The van der Waals surface area contributed by atoms with Crippen molar-refractivity contribution < 1.29 is 0 Å². The lowest BCUT2D eigenvalue weighted by Crippen LogP contribution is -1.82. The minimum Gasteiger partial charge on any atom is -0.399 e. The summed E-state index contributed by atoms with van der Waals surface area (Å²) in [7, 11) is 0. The number of hydrogen-bond donors (Lipinski definition) is 1. The SMILES string of the molecule is N#CC(C#N)=C(C#N)c1ccc(-c2ccc(N)cc2)s1. The van der Waals surface area contributed by atoms with Crippen molar-refractivity contribution in [1.29, 1.82) is 15.8 Å². The van der Waals surface area contributed by atoms with Crippen LogP contribution in [0, 0.1) is 34.0 Å². The van der Waals surface area contributed by atoms with Gasteiger partial charge in [0.1, 0.15) is 23.8 Å². The van der Waals surface area contributed by atoms with Gasteiger partial charge in [0, 0.05) is 15.4 Å². The van der Waals surface area contributed by atoms with E-state index in [0.29, 0.717) is 10.6 Å². The molecule has 20 heavy (non-hydrogen) atoms. The van der Waals surface area contributed by atoms with Gasteiger partial charge in [0.2, 0.25) is 0 Å². The molecule has 0 saturated heterocycles. The average Bonchev–Trinajstić information content (AvgIpc) is 2.94. The molecule has 2 N–H and O–H groups in total.